The van der Waals surface area contributed by atoms with Crippen molar-refractivity contribution >= 4 is 11.9 Å². The van der Waals surface area contributed by atoms with Crippen LogP contribution < -0.4 is 0 Å². The fourth-order valence-electron chi connectivity index (χ4n) is 8.90. The third kappa shape index (κ3) is 3.30. The Morgan fingerprint density at radius 2 is 1.79 bits per heavy atom. The molecule has 1 N–H and O–H groups in total. The van der Waals surface area contributed by atoms with Crippen LogP contribution in [0.3, 0.4) is 0 Å². The second kappa shape index (κ2) is 8.22. The summed E-state index contributed by atoms with van der Waals surface area (Å²) in [6.45, 7) is 11.0. The molecule has 4 fully saturated rings. The summed E-state index contributed by atoms with van der Waals surface area (Å²) in [6, 6.07) is 9.11. The first kappa shape index (κ1) is 23.6. The van der Waals surface area contributed by atoms with Gasteiger partial charge in [-0.25, -0.2) is 4.79 Å². The number of ether oxygens (including phenoxy) is 2. The molecular weight excluding hydrogens is 428 g/mol. The highest BCUT2D eigenvalue weighted by Gasteiger charge is 2.71. The van der Waals surface area contributed by atoms with Gasteiger partial charge in [-0.2, -0.15) is 0 Å². The normalized spacial score (nSPS) is 42.9. The lowest BCUT2D eigenvalue weighted by Gasteiger charge is -2.65. The average molecular weight is 467 g/mol. The molecule has 2 bridgehead atoms. The van der Waals surface area contributed by atoms with Gasteiger partial charge in [0.1, 0.15) is 6.10 Å². The van der Waals surface area contributed by atoms with Gasteiger partial charge in [-0.1, -0.05) is 45.0 Å². The van der Waals surface area contributed by atoms with Crippen LogP contribution in [-0.2, 0) is 14.3 Å². The molecular formula is C29H38O5. The molecule has 1 aromatic carbocycles. The molecule has 0 radical (unpaired) electrons. The second-order valence-electron chi connectivity index (χ2n) is 11.9. The lowest BCUT2D eigenvalue weighted by molar-refractivity contribution is -0.214. The number of aliphatic hydroxyl groups excluding tert-OH is 1. The lowest BCUT2D eigenvalue weighted by Crippen LogP contribution is -2.63. The molecule has 0 amide bonds. The number of carbonyl (C=O) groups excluding carboxylic acids is 2. The molecule has 4 aliphatic rings. The molecule has 1 aromatic rings. The van der Waals surface area contributed by atoms with E-state index in [1.54, 1.807) is 12.1 Å². The first-order valence-corrected chi connectivity index (χ1v) is 12.9. The van der Waals surface area contributed by atoms with E-state index in [9.17, 15) is 14.7 Å². The first-order valence-electron chi connectivity index (χ1n) is 12.9. The Morgan fingerprint density at radius 3 is 2.50 bits per heavy atom. The monoisotopic (exact) mass is 466 g/mol. The van der Waals surface area contributed by atoms with Gasteiger partial charge in [-0.05, 0) is 73.5 Å². The summed E-state index contributed by atoms with van der Waals surface area (Å²) in [7, 11) is 0. The predicted molar refractivity (Wildman–Crippen MR) is 129 cm³/mol. The minimum Gasteiger partial charge on any atom is -0.465 e. The van der Waals surface area contributed by atoms with E-state index in [4.69, 9.17) is 9.47 Å². The SMILES string of the molecule is C=C1[C@@H]2CCC3[C@]4(C)CCC[C@](C)(COC(C)=O)C4CC[C@]3([C@@H]2O)[C@H]1OC(=O)c1ccccc1. The maximum Gasteiger partial charge on any atom is 0.338 e. The van der Waals surface area contributed by atoms with Gasteiger partial charge in [0.2, 0.25) is 0 Å². The summed E-state index contributed by atoms with van der Waals surface area (Å²) in [4.78, 5) is 24.8. The standard InChI is InChI=1S/C29H38O5/c1-18-21-11-12-23-28(4)15-8-14-27(3,17-33-19(2)30)22(28)13-16-29(23,24(21)31)25(18)34-26(32)20-9-6-5-7-10-20/h5-7,9-10,21-25,31H,1,8,11-17H2,2-4H3/t21-,22?,23?,24+,25-,27+,28+,29-/m0/s1. The Morgan fingerprint density at radius 1 is 1.06 bits per heavy atom. The van der Waals surface area contributed by atoms with E-state index >= 15 is 0 Å². The van der Waals surface area contributed by atoms with Crippen molar-refractivity contribution in [3.8, 4) is 0 Å². The highest BCUT2D eigenvalue weighted by molar-refractivity contribution is 5.89. The molecule has 0 aromatic heterocycles. The van der Waals surface area contributed by atoms with Crippen LogP contribution in [0.15, 0.2) is 42.5 Å². The number of esters is 2. The predicted octanol–water partition coefficient (Wildman–Crippen LogP) is 5.32. The van der Waals surface area contributed by atoms with Crippen molar-refractivity contribution in [3.05, 3.63) is 48.0 Å². The van der Waals surface area contributed by atoms with Crippen molar-refractivity contribution in [2.75, 3.05) is 6.61 Å². The lowest BCUT2D eigenvalue weighted by atomic mass is 9.40. The Bertz CT molecular complexity index is 987. The van der Waals surface area contributed by atoms with Crippen molar-refractivity contribution in [2.45, 2.75) is 77.9 Å². The Balaban J connectivity index is 1.50. The molecule has 5 rings (SSSR count). The van der Waals surface area contributed by atoms with Crippen LogP contribution in [0.25, 0.3) is 0 Å². The van der Waals surface area contributed by atoms with Crippen LogP contribution in [0.4, 0.5) is 0 Å². The largest absolute Gasteiger partial charge is 0.465 e. The van der Waals surface area contributed by atoms with Crippen LogP contribution in [-0.4, -0.2) is 35.9 Å². The number of carbonyl (C=O) groups is 2. The van der Waals surface area contributed by atoms with Crippen LogP contribution in [0.2, 0.25) is 0 Å². The van der Waals surface area contributed by atoms with E-state index in [1.807, 2.05) is 18.2 Å². The van der Waals surface area contributed by atoms with E-state index in [-0.39, 0.29) is 34.6 Å². The molecule has 5 heteroatoms. The number of benzene rings is 1. The summed E-state index contributed by atoms with van der Waals surface area (Å²) in [6.07, 6.45) is 5.84. The smallest absolute Gasteiger partial charge is 0.338 e. The molecule has 4 aliphatic carbocycles. The van der Waals surface area contributed by atoms with Crippen molar-refractivity contribution in [2.24, 2.45) is 34.0 Å². The molecule has 0 saturated heterocycles. The zero-order chi connectivity index (χ0) is 24.3. The van der Waals surface area contributed by atoms with Crippen molar-refractivity contribution < 1.29 is 24.2 Å². The zero-order valence-corrected chi connectivity index (χ0v) is 20.7. The quantitative estimate of drug-likeness (QED) is 0.480. The average Bonchev–Trinajstić information content (AvgIpc) is 2.91. The van der Waals surface area contributed by atoms with Crippen molar-refractivity contribution in [1.29, 1.82) is 0 Å². The van der Waals surface area contributed by atoms with Crippen LogP contribution >= 0.6 is 0 Å². The van der Waals surface area contributed by atoms with Crippen molar-refractivity contribution in [3.63, 3.8) is 0 Å². The molecule has 2 unspecified atom stereocenters. The van der Waals surface area contributed by atoms with Gasteiger partial charge >= 0.3 is 11.9 Å². The van der Waals surface area contributed by atoms with Gasteiger partial charge < -0.3 is 14.6 Å². The van der Waals surface area contributed by atoms with Gasteiger partial charge in [-0.3, -0.25) is 4.79 Å². The maximum atomic E-state index is 13.1. The fourth-order valence-corrected chi connectivity index (χ4v) is 8.90. The molecule has 8 atom stereocenters. The minimum atomic E-state index is -0.535. The van der Waals surface area contributed by atoms with Gasteiger partial charge in [0.05, 0.1) is 18.3 Å². The van der Waals surface area contributed by atoms with Gasteiger partial charge in [0.25, 0.3) is 0 Å². The molecule has 4 saturated carbocycles. The van der Waals surface area contributed by atoms with Crippen LogP contribution in [0.1, 0.15) is 76.1 Å². The highest BCUT2D eigenvalue weighted by atomic mass is 16.5. The van der Waals surface area contributed by atoms with Gasteiger partial charge in [0, 0.05) is 23.7 Å². The van der Waals surface area contributed by atoms with E-state index in [1.165, 1.54) is 6.92 Å². The molecule has 1 spiro atoms. The topological polar surface area (TPSA) is 72.8 Å². The Hall–Kier alpha value is -2.14. The number of hydrogen-bond acceptors (Lipinski definition) is 5. The van der Waals surface area contributed by atoms with E-state index in [0.29, 0.717) is 18.1 Å². The van der Waals surface area contributed by atoms with Crippen LogP contribution in [0.5, 0.6) is 0 Å². The molecule has 34 heavy (non-hydrogen) atoms. The van der Waals surface area contributed by atoms with Gasteiger partial charge in [-0.15, -0.1) is 0 Å². The number of rotatable bonds is 4. The number of aliphatic hydroxyl groups is 1. The summed E-state index contributed by atoms with van der Waals surface area (Å²) in [5.74, 6) is 0.0505. The molecule has 184 valence electrons. The zero-order valence-electron chi connectivity index (χ0n) is 20.7. The summed E-state index contributed by atoms with van der Waals surface area (Å²) in [5.41, 5.74) is 0.841. The summed E-state index contributed by atoms with van der Waals surface area (Å²) in [5, 5.41) is 11.7. The third-order valence-corrected chi connectivity index (χ3v) is 10.3. The minimum absolute atomic E-state index is 0.0130. The molecule has 5 nitrogen and oxygen atoms in total. The van der Waals surface area contributed by atoms with Crippen molar-refractivity contribution in [1.82, 2.24) is 0 Å². The fraction of sp³-hybridized carbons (Fsp3) is 0.655. The number of hydrogen-bond donors (Lipinski definition) is 1. The Labute approximate surface area is 202 Å². The van der Waals surface area contributed by atoms with Crippen LogP contribution in [0, 0.1) is 34.0 Å². The molecule has 0 heterocycles. The van der Waals surface area contributed by atoms with Gasteiger partial charge in [0.15, 0.2) is 0 Å². The highest BCUT2D eigenvalue weighted by Crippen LogP contribution is 2.72. The third-order valence-electron chi connectivity index (χ3n) is 10.3. The second-order valence-corrected chi connectivity index (χ2v) is 11.9. The van der Waals surface area contributed by atoms with E-state index < -0.39 is 17.6 Å². The summed E-state index contributed by atoms with van der Waals surface area (Å²) >= 11 is 0. The number of fused-ring (bicyclic) bond motifs is 3. The molecule has 0 aliphatic heterocycles. The van der Waals surface area contributed by atoms with E-state index in [0.717, 1.165) is 50.5 Å². The summed E-state index contributed by atoms with van der Waals surface area (Å²) < 4.78 is 11.8. The van der Waals surface area contributed by atoms with E-state index in [2.05, 4.69) is 20.4 Å². The first-order chi connectivity index (χ1) is 16.1. The Kier molecular flexibility index (Phi) is 5.70. The maximum absolute atomic E-state index is 13.1.